The molecule has 1 aromatic heterocycles. The number of hydrogen-bond donors (Lipinski definition) is 7. The quantitative estimate of drug-likeness (QED) is 0.298. The van der Waals surface area contributed by atoms with Crippen molar-refractivity contribution in [3.63, 3.8) is 0 Å². The second kappa shape index (κ2) is 7.60. The van der Waals surface area contributed by atoms with Crippen molar-refractivity contribution < 1.29 is 44.0 Å². The van der Waals surface area contributed by atoms with E-state index in [0.29, 0.717) is 9.99 Å². The number of aliphatic hydroxyl groups is 5. The SMILES string of the molecule is O=P(O)(Oc1c[nH]c2ccc(Br)c(Cl)c12)OC1[C@@H](O)[C@H](O)C(O)[C@H](O)[C@H]1O. The number of H-pyrrole nitrogens is 1. The maximum Gasteiger partial charge on any atom is 0.527 e. The predicted molar refractivity (Wildman–Crippen MR) is 96.4 cm³/mol. The number of hydrogen-bond acceptors (Lipinski definition) is 8. The van der Waals surface area contributed by atoms with Crippen LogP contribution in [0.25, 0.3) is 10.9 Å². The van der Waals surface area contributed by atoms with Gasteiger partial charge in [-0.25, -0.2) is 4.57 Å². The Labute approximate surface area is 165 Å². The van der Waals surface area contributed by atoms with E-state index in [4.69, 9.17) is 20.6 Å². The molecule has 3 rings (SSSR count). The Morgan fingerprint density at radius 1 is 1.04 bits per heavy atom. The summed E-state index contributed by atoms with van der Waals surface area (Å²) in [6, 6.07) is 3.30. The molecule has 0 bridgehead atoms. The Hall–Kier alpha value is -0.720. The number of aromatic nitrogens is 1. The smallest absolute Gasteiger partial charge is 0.402 e. The van der Waals surface area contributed by atoms with Crippen LogP contribution in [0.2, 0.25) is 5.02 Å². The number of benzene rings is 1. The van der Waals surface area contributed by atoms with Crippen molar-refractivity contribution in [1.29, 1.82) is 0 Å². The zero-order valence-electron chi connectivity index (χ0n) is 13.3. The highest BCUT2D eigenvalue weighted by atomic mass is 79.9. The van der Waals surface area contributed by atoms with Crippen LogP contribution < -0.4 is 4.52 Å². The van der Waals surface area contributed by atoms with Crippen LogP contribution in [0, 0.1) is 0 Å². The molecular weight excluding hydrogens is 472 g/mol. The van der Waals surface area contributed by atoms with Crippen molar-refractivity contribution in [3.8, 4) is 5.75 Å². The third-order valence-corrected chi connectivity index (χ3v) is 6.46. The van der Waals surface area contributed by atoms with Gasteiger partial charge >= 0.3 is 7.82 Å². The summed E-state index contributed by atoms with van der Waals surface area (Å²) in [5.41, 5.74) is 0.505. The normalized spacial score (nSPS) is 33.8. The monoisotopic (exact) mass is 487 g/mol. The van der Waals surface area contributed by atoms with Crippen molar-refractivity contribution in [2.24, 2.45) is 0 Å². The lowest BCUT2D eigenvalue weighted by atomic mass is 9.85. The molecule has 0 spiro atoms. The Bertz CT molecular complexity index is 879. The molecule has 0 amide bonds. The van der Waals surface area contributed by atoms with Gasteiger partial charge in [0.15, 0.2) is 5.75 Å². The predicted octanol–water partition coefficient (Wildman–Crippen LogP) is 0.266. The molecule has 150 valence electrons. The molecule has 1 saturated carbocycles. The van der Waals surface area contributed by atoms with Crippen LogP contribution in [-0.2, 0) is 9.09 Å². The highest BCUT2D eigenvalue weighted by molar-refractivity contribution is 9.10. The van der Waals surface area contributed by atoms with E-state index in [1.807, 2.05) is 0 Å². The maximum absolute atomic E-state index is 12.4. The van der Waals surface area contributed by atoms with Gasteiger partial charge in [-0.1, -0.05) is 11.6 Å². The van der Waals surface area contributed by atoms with Crippen LogP contribution in [0.15, 0.2) is 22.8 Å². The minimum atomic E-state index is -4.95. The highest BCUT2D eigenvalue weighted by Crippen LogP contribution is 2.50. The van der Waals surface area contributed by atoms with Crippen molar-refractivity contribution in [3.05, 3.63) is 27.8 Å². The van der Waals surface area contributed by atoms with E-state index in [1.165, 1.54) is 6.20 Å². The minimum Gasteiger partial charge on any atom is -0.402 e. The lowest BCUT2D eigenvalue weighted by molar-refractivity contribution is -0.219. The van der Waals surface area contributed by atoms with Gasteiger partial charge in [-0.15, -0.1) is 0 Å². The summed E-state index contributed by atoms with van der Waals surface area (Å²) in [7, 11) is -4.95. The second-order valence-electron chi connectivity index (χ2n) is 6.02. The number of aliphatic hydroxyl groups excluding tert-OH is 5. The zero-order chi connectivity index (χ0) is 20.1. The van der Waals surface area contributed by atoms with E-state index in [9.17, 15) is 35.0 Å². The Morgan fingerprint density at radius 3 is 2.19 bits per heavy atom. The topological polar surface area (TPSA) is 173 Å². The van der Waals surface area contributed by atoms with Crippen LogP contribution in [0.5, 0.6) is 5.75 Å². The number of phosphoric ester groups is 1. The Morgan fingerprint density at radius 2 is 1.59 bits per heavy atom. The van der Waals surface area contributed by atoms with Gasteiger partial charge in [-0.05, 0) is 28.1 Å². The van der Waals surface area contributed by atoms with Gasteiger partial charge in [0.2, 0.25) is 0 Å². The lowest BCUT2D eigenvalue weighted by Crippen LogP contribution is -2.64. The number of phosphoric acid groups is 1. The fraction of sp³-hybridized carbons (Fsp3) is 0.429. The summed E-state index contributed by atoms with van der Waals surface area (Å²) in [5, 5.41) is 49.2. The van der Waals surface area contributed by atoms with Crippen LogP contribution in [0.4, 0.5) is 0 Å². The number of rotatable bonds is 4. The number of aromatic amines is 1. The van der Waals surface area contributed by atoms with Gasteiger partial charge in [0.05, 0.1) is 15.9 Å². The maximum atomic E-state index is 12.4. The Kier molecular flexibility index (Phi) is 5.91. The first-order valence-electron chi connectivity index (χ1n) is 7.59. The first-order valence-corrected chi connectivity index (χ1v) is 10.3. The molecule has 1 aliphatic rings. The van der Waals surface area contributed by atoms with Crippen molar-refractivity contribution >= 4 is 46.3 Å². The van der Waals surface area contributed by atoms with Gasteiger partial charge in [-0.3, -0.25) is 9.42 Å². The first kappa shape index (κ1) is 21.0. The van der Waals surface area contributed by atoms with Crippen molar-refractivity contribution in [2.45, 2.75) is 36.6 Å². The molecule has 7 N–H and O–H groups in total. The van der Waals surface area contributed by atoms with Gasteiger partial charge in [0, 0.05) is 10.7 Å². The van der Waals surface area contributed by atoms with E-state index in [1.54, 1.807) is 12.1 Å². The van der Waals surface area contributed by atoms with Crippen molar-refractivity contribution in [1.82, 2.24) is 4.98 Å². The summed E-state index contributed by atoms with van der Waals surface area (Å²) in [5.74, 6) is -0.136. The Balaban J connectivity index is 1.86. The van der Waals surface area contributed by atoms with E-state index in [-0.39, 0.29) is 16.2 Å². The van der Waals surface area contributed by atoms with Crippen LogP contribution in [-0.4, -0.2) is 72.0 Å². The molecule has 1 fully saturated rings. The van der Waals surface area contributed by atoms with E-state index in [2.05, 4.69) is 20.9 Å². The zero-order valence-corrected chi connectivity index (χ0v) is 16.5. The number of halogens is 2. The summed E-state index contributed by atoms with van der Waals surface area (Å²) in [6.45, 7) is 0. The molecule has 1 heterocycles. The third kappa shape index (κ3) is 3.90. The molecule has 1 aliphatic carbocycles. The largest absolute Gasteiger partial charge is 0.527 e. The standard InChI is InChI=1S/C14H16BrClNO9P/c15-4-1-2-5-7(8(4)16)6(3-17-5)25-27(23,24)26-14-12(21)10(19)9(18)11(20)13(14)22/h1-3,9-14,17-22H,(H,23,24)/t9?,10-,11+,12+,13-,14?. The summed E-state index contributed by atoms with van der Waals surface area (Å²) >= 11 is 9.38. The average Bonchev–Trinajstić information content (AvgIpc) is 3.01. The third-order valence-electron chi connectivity index (χ3n) is 4.24. The summed E-state index contributed by atoms with van der Waals surface area (Å²) in [6.07, 6.45) is -10.2. The lowest BCUT2D eigenvalue weighted by Gasteiger charge is -2.41. The summed E-state index contributed by atoms with van der Waals surface area (Å²) < 4.78 is 22.6. The fourth-order valence-electron chi connectivity index (χ4n) is 2.82. The minimum absolute atomic E-state index is 0.136. The van der Waals surface area contributed by atoms with Crippen LogP contribution in [0.1, 0.15) is 0 Å². The molecular formula is C14H16BrClNO9P. The molecule has 10 nitrogen and oxygen atoms in total. The molecule has 0 saturated heterocycles. The molecule has 7 atom stereocenters. The van der Waals surface area contributed by atoms with Gasteiger partial charge in [0.25, 0.3) is 0 Å². The van der Waals surface area contributed by atoms with E-state index >= 15 is 0 Å². The first-order chi connectivity index (χ1) is 12.5. The van der Waals surface area contributed by atoms with Crippen molar-refractivity contribution in [2.75, 3.05) is 0 Å². The number of nitrogens with one attached hydrogen (secondary N) is 1. The molecule has 1 aromatic carbocycles. The molecule has 13 heteroatoms. The molecule has 3 unspecified atom stereocenters. The molecule has 2 aromatic rings. The molecule has 0 aliphatic heterocycles. The number of fused-ring (bicyclic) bond motifs is 1. The highest BCUT2D eigenvalue weighted by Gasteiger charge is 2.51. The van der Waals surface area contributed by atoms with E-state index in [0.717, 1.165) is 0 Å². The average molecular weight is 489 g/mol. The fourth-order valence-corrected chi connectivity index (χ4v) is 4.40. The van der Waals surface area contributed by atoms with Crippen LogP contribution in [0.3, 0.4) is 0 Å². The van der Waals surface area contributed by atoms with Gasteiger partial charge in [-0.2, -0.15) is 0 Å². The molecule has 0 radical (unpaired) electrons. The van der Waals surface area contributed by atoms with Gasteiger partial charge < -0.3 is 35.0 Å². The van der Waals surface area contributed by atoms with Crippen LogP contribution >= 0.6 is 35.4 Å². The van der Waals surface area contributed by atoms with Gasteiger partial charge in [0.1, 0.15) is 36.6 Å². The second-order valence-corrected chi connectivity index (χ2v) is 8.58. The summed E-state index contributed by atoms with van der Waals surface area (Å²) in [4.78, 5) is 12.8. The molecule has 27 heavy (non-hydrogen) atoms. The van der Waals surface area contributed by atoms with E-state index < -0.39 is 44.4 Å².